The third-order valence-corrected chi connectivity index (χ3v) is 11.6. The number of rotatable bonds is 12. The maximum absolute atomic E-state index is 14.0. The molecule has 0 radical (unpaired) electrons. The van der Waals surface area contributed by atoms with Crippen LogP contribution in [0.15, 0.2) is 127 Å². The third-order valence-electron chi connectivity index (χ3n) is 11.6. The number of methoxy groups -OCH3 is 1. The number of nitrogens with one attached hydrogen (secondary N) is 3. The molecule has 2 aliphatic rings. The highest BCUT2D eigenvalue weighted by Gasteiger charge is 2.39. The van der Waals surface area contributed by atoms with Crippen LogP contribution in [-0.2, 0) is 43.3 Å². The molecule has 306 valence electrons. The van der Waals surface area contributed by atoms with Crippen LogP contribution >= 0.6 is 0 Å². The van der Waals surface area contributed by atoms with Crippen LogP contribution in [0.4, 0.5) is 16.2 Å². The summed E-state index contributed by atoms with van der Waals surface area (Å²) in [5.74, 6) is -0.966. The van der Waals surface area contributed by atoms with Crippen LogP contribution in [-0.4, -0.2) is 76.4 Å². The fourth-order valence-corrected chi connectivity index (χ4v) is 8.62. The molecule has 2 aliphatic heterocycles. The summed E-state index contributed by atoms with van der Waals surface area (Å²) in [6.07, 6.45) is 2.73. The molecule has 5 amide bonds. The number of carbonyl (C=O) groups excluding carboxylic acids is 5. The van der Waals surface area contributed by atoms with Crippen LogP contribution < -0.4 is 16.0 Å². The van der Waals surface area contributed by atoms with Crippen molar-refractivity contribution in [3.63, 3.8) is 0 Å². The van der Waals surface area contributed by atoms with Gasteiger partial charge in [0.05, 0.1) is 24.6 Å². The summed E-state index contributed by atoms with van der Waals surface area (Å²) < 4.78 is 7.03. The third kappa shape index (κ3) is 8.58. The Morgan fingerprint density at radius 2 is 1.17 bits per heavy atom. The summed E-state index contributed by atoms with van der Waals surface area (Å²) in [7, 11) is 1.24. The van der Waals surface area contributed by atoms with Crippen LogP contribution in [0.5, 0.6) is 0 Å². The minimum atomic E-state index is -1.02. The molecule has 60 heavy (non-hydrogen) atoms. The average Bonchev–Trinajstić information content (AvgIpc) is 4.04. The summed E-state index contributed by atoms with van der Waals surface area (Å²) in [5.41, 5.74) is 5.72. The minimum Gasteiger partial charge on any atom is -0.453 e. The largest absolute Gasteiger partial charge is 0.453 e. The average molecular weight is 805 g/mol. The van der Waals surface area contributed by atoms with Gasteiger partial charge in [0.1, 0.15) is 18.1 Å². The van der Waals surface area contributed by atoms with Crippen LogP contribution in [0.1, 0.15) is 48.4 Å². The zero-order chi connectivity index (χ0) is 41.6. The quantitative estimate of drug-likeness (QED) is 0.119. The van der Waals surface area contributed by atoms with E-state index in [9.17, 15) is 24.0 Å². The van der Waals surface area contributed by atoms with Crippen LogP contribution in [0.3, 0.4) is 0 Å². The standard InChI is InChI=1S/C48H48N6O6/c1-60-48(59)51-44(34-17-9-4-10-18-34)47(58)54-27-12-20-40(54)46(57)50-36-22-24-38-37-23-21-35(30-41(37)52(42(38)31-36)28-25-32-13-5-2-6-14-32)49-45(56)39-19-11-26-53(39)43(55)29-33-15-7-3-8-16-33/h2-10,13-18,21-24,30-31,39-40,44H,11-12,19-20,25-29H2,1H3,(H,49,56)(H,50,57)(H,51,59)/t39-,40-,44+/m0/s1. The first-order valence-electron chi connectivity index (χ1n) is 20.5. The molecule has 5 aromatic carbocycles. The molecular weight excluding hydrogens is 757 g/mol. The van der Waals surface area contributed by atoms with Crippen molar-refractivity contribution in [3.8, 4) is 0 Å². The topological polar surface area (TPSA) is 142 Å². The Morgan fingerprint density at radius 1 is 0.650 bits per heavy atom. The summed E-state index contributed by atoms with van der Waals surface area (Å²) in [6, 6.07) is 38.1. The van der Waals surface area contributed by atoms with E-state index in [1.807, 2.05) is 91.0 Å². The number of carbonyl (C=O) groups is 5. The van der Waals surface area contributed by atoms with Gasteiger partial charge < -0.3 is 35.1 Å². The van der Waals surface area contributed by atoms with Crippen molar-refractivity contribution in [2.24, 2.45) is 0 Å². The number of hydrogen-bond donors (Lipinski definition) is 3. The summed E-state index contributed by atoms with van der Waals surface area (Å²) in [5, 5.41) is 10.8. The Morgan fingerprint density at radius 3 is 1.73 bits per heavy atom. The van der Waals surface area contributed by atoms with E-state index in [1.54, 1.807) is 29.2 Å². The molecule has 12 heteroatoms. The van der Waals surface area contributed by atoms with Gasteiger partial charge in [-0.05, 0) is 73.1 Å². The maximum atomic E-state index is 14.0. The van der Waals surface area contributed by atoms with Gasteiger partial charge in [0.25, 0.3) is 5.91 Å². The number of hydrogen-bond acceptors (Lipinski definition) is 6. The number of amides is 5. The normalized spacial score (nSPS) is 16.8. The van der Waals surface area contributed by atoms with Gasteiger partial charge in [-0.1, -0.05) is 103 Å². The van der Waals surface area contributed by atoms with Gasteiger partial charge in [0.15, 0.2) is 0 Å². The molecule has 1 aromatic heterocycles. The summed E-state index contributed by atoms with van der Waals surface area (Å²) in [6.45, 7) is 1.55. The number of aryl methyl sites for hydroxylation is 2. The van der Waals surface area contributed by atoms with Crippen molar-refractivity contribution >= 4 is 62.9 Å². The van der Waals surface area contributed by atoms with E-state index in [2.05, 4.69) is 32.7 Å². The maximum Gasteiger partial charge on any atom is 0.407 e. The monoisotopic (exact) mass is 804 g/mol. The molecule has 0 spiro atoms. The number of nitrogens with zero attached hydrogens (tertiary/aromatic N) is 3. The van der Waals surface area contributed by atoms with Gasteiger partial charge in [0, 0.05) is 41.8 Å². The van der Waals surface area contributed by atoms with Gasteiger partial charge in [-0.15, -0.1) is 0 Å². The van der Waals surface area contributed by atoms with E-state index in [0.29, 0.717) is 55.8 Å². The minimum absolute atomic E-state index is 0.0579. The second kappa shape index (κ2) is 17.9. The molecule has 3 atom stereocenters. The predicted molar refractivity (Wildman–Crippen MR) is 231 cm³/mol. The number of benzene rings is 5. The lowest BCUT2D eigenvalue weighted by Crippen LogP contribution is -2.48. The van der Waals surface area contributed by atoms with E-state index < -0.39 is 24.2 Å². The molecule has 12 nitrogen and oxygen atoms in total. The molecule has 0 bridgehead atoms. The van der Waals surface area contributed by atoms with Crippen LogP contribution in [0, 0.1) is 0 Å². The number of ether oxygens (including phenoxy) is 1. The SMILES string of the molecule is COC(=O)N[C@@H](C(=O)N1CCC[C@H]1C(=O)Nc1ccc2c3ccc(NC(=O)[C@@H]4CCCN4C(=O)Cc4ccccc4)cc3n(CCc3ccccc3)c2c1)c1ccccc1. The van der Waals surface area contributed by atoms with E-state index in [0.717, 1.165) is 40.2 Å². The molecule has 2 saturated heterocycles. The van der Waals surface area contributed by atoms with E-state index in [1.165, 1.54) is 17.6 Å². The lowest BCUT2D eigenvalue weighted by molar-refractivity contribution is -0.138. The first-order valence-corrected chi connectivity index (χ1v) is 20.5. The van der Waals surface area contributed by atoms with Crippen molar-refractivity contribution in [3.05, 3.63) is 144 Å². The van der Waals surface area contributed by atoms with Gasteiger partial charge in [-0.3, -0.25) is 19.2 Å². The Balaban J connectivity index is 1.04. The second-order valence-corrected chi connectivity index (χ2v) is 15.4. The number of anilines is 2. The van der Waals surface area contributed by atoms with Crippen molar-refractivity contribution in [1.82, 2.24) is 19.7 Å². The summed E-state index contributed by atoms with van der Waals surface area (Å²) in [4.78, 5) is 70.6. The highest BCUT2D eigenvalue weighted by molar-refractivity contribution is 6.11. The number of aromatic nitrogens is 1. The van der Waals surface area contributed by atoms with E-state index >= 15 is 0 Å². The Bertz CT molecular complexity index is 2520. The molecule has 0 unspecified atom stereocenters. The lowest BCUT2D eigenvalue weighted by atomic mass is 10.0. The lowest BCUT2D eigenvalue weighted by Gasteiger charge is -2.28. The molecule has 0 saturated carbocycles. The predicted octanol–water partition coefficient (Wildman–Crippen LogP) is 7.24. The first kappa shape index (κ1) is 39.9. The Labute approximate surface area is 348 Å². The zero-order valence-corrected chi connectivity index (χ0v) is 33.5. The first-order chi connectivity index (χ1) is 29.3. The Kier molecular flexibility index (Phi) is 11.9. The number of alkyl carbamates (subject to hydrolysis) is 1. The fourth-order valence-electron chi connectivity index (χ4n) is 8.62. The highest BCUT2D eigenvalue weighted by atomic mass is 16.5. The Hall–Kier alpha value is -6.95. The second-order valence-electron chi connectivity index (χ2n) is 15.4. The van der Waals surface area contributed by atoms with Crippen molar-refractivity contribution in [2.75, 3.05) is 30.8 Å². The van der Waals surface area contributed by atoms with Crippen LogP contribution in [0.2, 0.25) is 0 Å². The molecular formula is C48H48N6O6. The van der Waals surface area contributed by atoms with Crippen molar-refractivity contribution in [1.29, 1.82) is 0 Å². The smallest absolute Gasteiger partial charge is 0.407 e. The van der Waals surface area contributed by atoms with Gasteiger partial charge in [-0.2, -0.15) is 0 Å². The molecule has 8 rings (SSSR count). The van der Waals surface area contributed by atoms with Crippen molar-refractivity contribution < 1.29 is 28.7 Å². The molecule has 0 aliphatic carbocycles. The van der Waals surface area contributed by atoms with Crippen LogP contribution in [0.25, 0.3) is 21.8 Å². The van der Waals surface area contributed by atoms with Crippen molar-refractivity contribution in [2.45, 2.75) is 63.2 Å². The molecule has 6 aromatic rings. The number of fused-ring (bicyclic) bond motifs is 3. The molecule has 2 fully saturated rings. The van der Waals surface area contributed by atoms with E-state index in [4.69, 9.17) is 4.74 Å². The zero-order valence-electron chi connectivity index (χ0n) is 33.5. The fraction of sp³-hybridized carbons (Fsp3) is 0.271. The van der Waals surface area contributed by atoms with E-state index in [-0.39, 0.29) is 30.0 Å². The van der Waals surface area contributed by atoms with Gasteiger partial charge in [-0.25, -0.2) is 4.79 Å². The van der Waals surface area contributed by atoms with Gasteiger partial charge in [0.2, 0.25) is 17.7 Å². The molecule has 3 N–H and O–H groups in total. The van der Waals surface area contributed by atoms with Gasteiger partial charge >= 0.3 is 6.09 Å². The molecule has 3 heterocycles. The number of likely N-dealkylation sites (tertiary alicyclic amines) is 2. The highest BCUT2D eigenvalue weighted by Crippen LogP contribution is 2.34. The summed E-state index contributed by atoms with van der Waals surface area (Å²) >= 11 is 0.